The molecule has 120 valence electrons. The zero-order valence-corrected chi connectivity index (χ0v) is 14.9. The molecule has 3 heterocycles. The van der Waals surface area contributed by atoms with E-state index in [1.54, 1.807) is 11.3 Å². The van der Waals surface area contributed by atoms with Crippen LogP contribution in [-0.2, 0) is 0 Å². The second kappa shape index (κ2) is 6.52. The van der Waals surface area contributed by atoms with Crippen molar-refractivity contribution in [3.63, 3.8) is 0 Å². The van der Waals surface area contributed by atoms with E-state index in [4.69, 9.17) is 0 Å². The van der Waals surface area contributed by atoms with Gasteiger partial charge >= 0.3 is 0 Å². The first-order chi connectivity index (χ1) is 10.6. The van der Waals surface area contributed by atoms with Crippen LogP contribution < -0.4 is 10.2 Å². The highest BCUT2D eigenvalue weighted by molar-refractivity contribution is 7.29. The van der Waals surface area contributed by atoms with E-state index < -0.39 is 0 Å². The molecule has 7 heteroatoms. The van der Waals surface area contributed by atoms with Crippen molar-refractivity contribution in [2.75, 3.05) is 45.7 Å². The van der Waals surface area contributed by atoms with Crippen LogP contribution in [0.1, 0.15) is 22.5 Å². The van der Waals surface area contributed by atoms with E-state index in [9.17, 15) is 4.79 Å². The number of hydrogen-bond acceptors (Lipinski definition) is 6. The fraction of sp³-hybridized carbons (Fsp3) is 0.600. The minimum atomic E-state index is 0.169. The average molecular weight is 339 g/mol. The number of carbonyl (C=O) groups is 1. The molecular formula is C15H22N4OS2. The largest absolute Gasteiger partial charge is 0.354 e. The number of likely N-dealkylation sites (tertiary alicyclic amines) is 1. The van der Waals surface area contributed by atoms with Crippen molar-refractivity contribution in [2.24, 2.45) is 5.92 Å². The molecule has 1 atom stereocenters. The van der Waals surface area contributed by atoms with Gasteiger partial charge in [0.05, 0.1) is 9.58 Å². The van der Waals surface area contributed by atoms with Gasteiger partial charge in [-0.2, -0.15) is 0 Å². The van der Waals surface area contributed by atoms with Gasteiger partial charge in [0.1, 0.15) is 4.83 Å². The molecule has 2 aromatic heterocycles. The lowest BCUT2D eigenvalue weighted by molar-refractivity contribution is 0.0679. The zero-order valence-electron chi connectivity index (χ0n) is 13.3. The number of nitrogens with zero attached hydrogens (tertiary/aromatic N) is 3. The van der Waals surface area contributed by atoms with Gasteiger partial charge in [0.15, 0.2) is 5.13 Å². The number of rotatable bonds is 4. The Kier molecular flexibility index (Phi) is 4.65. The maximum atomic E-state index is 12.7. The normalized spacial score (nSPS) is 18.9. The molecule has 5 nitrogen and oxygen atoms in total. The predicted molar refractivity (Wildman–Crippen MR) is 94.4 cm³/mol. The molecule has 1 unspecified atom stereocenters. The number of nitrogens with one attached hydrogen (secondary N) is 1. The van der Waals surface area contributed by atoms with Crippen LogP contribution in [0, 0.1) is 5.92 Å². The first kappa shape index (κ1) is 15.7. The molecule has 1 aliphatic heterocycles. The Hall–Kier alpha value is -1.18. The van der Waals surface area contributed by atoms with Gasteiger partial charge < -0.3 is 15.1 Å². The second-order valence-corrected chi connectivity index (χ2v) is 8.03. The maximum absolute atomic E-state index is 12.7. The van der Waals surface area contributed by atoms with Crippen molar-refractivity contribution in [3.8, 4) is 0 Å². The molecule has 22 heavy (non-hydrogen) atoms. The lowest BCUT2D eigenvalue weighted by Gasteiger charge is -2.32. The third-order valence-corrected chi connectivity index (χ3v) is 6.29. The summed E-state index contributed by atoms with van der Waals surface area (Å²) in [6.45, 7) is 2.72. The summed E-state index contributed by atoms with van der Waals surface area (Å²) >= 11 is 3.16. The highest BCUT2D eigenvalue weighted by atomic mass is 32.1. The Bertz CT molecular complexity index is 630. The van der Waals surface area contributed by atoms with Crippen molar-refractivity contribution in [3.05, 3.63) is 10.9 Å². The van der Waals surface area contributed by atoms with Crippen LogP contribution in [0.2, 0.25) is 0 Å². The smallest absolute Gasteiger partial charge is 0.264 e. The van der Waals surface area contributed by atoms with Crippen molar-refractivity contribution in [1.29, 1.82) is 0 Å². The molecule has 0 spiro atoms. The van der Waals surface area contributed by atoms with Gasteiger partial charge in [-0.25, -0.2) is 4.98 Å². The van der Waals surface area contributed by atoms with Gasteiger partial charge in [0.2, 0.25) is 0 Å². The highest BCUT2D eigenvalue weighted by Gasteiger charge is 2.25. The number of carbonyl (C=O) groups excluding carboxylic acids is 1. The van der Waals surface area contributed by atoms with Gasteiger partial charge in [0.25, 0.3) is 5.91 Å². The predicted octanol–water partition coefficient (Wildman–Crippen LogP) is 2.50. The first-order valence-corrected chi connectivity index (χ1v) is 9.23. The Morgan fingerprint density at radius 3 is 3.00 bits per heavy atom. The van der Waals surface area contributed by atoms with E-state index in [2.05, 4.69) is 10.3 Å². The summed E-state index contributed by atoms with van der Waals surface area (Å²) in [5, 5.41) is 4.22. The van der Waals surface area contributed by atoms with Crippen molar-refractivity contribution in [1.82, 2.24) is 15.2 Å². The lowest BCUT2D eigenvalue weighted by Crippen LogP contribution is -2.42. The number of thiazole rings is 1. The van der Waals surface area contributed by atoms with Crippen LogP contribution in [0.15, 0.2) is 6.07 Å². The Morgan fingerprint density at radius 2 is 2.32 bits per heavy atom. The fourth-order valence-corrected chi connectivity index (χ4v) is 4.98. The molecule has 2 aromatic rings. The molecule has 3 rings (SSSR count). The minimum absolute atomic E-state index is 0.169. The van der Waals surface area contributed by atoms with Crippen molar-refractivity contribution >= 4 is 43.2 Å². The van der Waals surface area contributed by atoms with E-state index >= 15 is 0 Å². The van der Waals surface area contributed by atoms with Crippen LogP contribution in [0.4, 0.5) is 5.13 Å². The molecule has 0 aliphatic carbocycles. The second-order valence-electron chi connectivity index (χ2n) is 5.99. The molecule has 1 saturated heterocycles. The molecular weight excluding hydrogens is 316 g/mol. The standard InChI is InChI=1S/C15H22N4OS2/c1-16-8-10-5-4-6-19(9-10)14(20)12-7-11-13(21-12)17-15(22-11)18(2)3/h7,10,16H,4-6,8-9H2,1-3H3. The van der Waals surface area contributed by atoms with Crippen molar-refractivity contribution in [2.45, 2.75) is 12.8 Å². The first-order valence-electron chi connectivity index (χ1n) is 7.60. The quantitative estimate of drug-likeness (QED) is 0.930. The van der Waals surface area contributed by atoms with E-state index in [1.807, 2.05) is 37.0 Å². The van der Waals surface area contributed by atoms with E-state index in [1.165, 1.54) is 17.8 Å². The van der Waals surface area contributed by atoms with Gasteiger partial charge in [-0.1, -0.05) is 11.3 Å². The number of hydrogen-bond donors (Lipinski definition) is 1. The highest BCUT2D eigenvalue weighted by Crippen LogP contribution is 2.34. The molecule has 0 radical (unpaired) electrons. The van der Waals surface area contributed by atoms with Crippen LogP contribution in [0.5, 0.6) is 0 Å². The molecule has 0 bridgehead atoms. The Morgan fingerprint density at radius 1 is 1.50 bits per heavy atom. The SMILES string of the molecule is CNCC1CCCN(C(=O)c2cc3sc(N(C)C)nc3s2)C1. The summed E-state index contributed by atoms with van der Waals surface area (Å²) in [6.07, 6.45) is 2.30. The fourth-order valence-electron chi connectivity index (χ4n) is 2.88. The summed E-state index contributed by atoms with van der Waals surface area (Å²) in [7, 11) is 5.95. The van der Waals surface area contributed by atoms with Gasteiger partial charge in [0, 0.05) is 27.2 Å². The van der Waals surface area contributed by atoms with Gasteiger partial charge in [-0.3, -0.25) is 4.79 Å². The van der Waals surface area contributed by atoms with Crippen LogP contribution in [0.25, 0.3) is 9.53 Å². The number of aromatic nitrogens is 1. The van der Waals surface area contributed by atoms with E-state index in [0.717, 1.165) is 45.6 Å². The van der Waals surface area contributed by atoms with Gasteiger partial charge in [-0.05, 0) is 38.4 Å². The van der Waals surface area contributed by atoms with Gasteiger partial charge in [-0.15, -0.1) is 11.3 Å². The molecule has 1 N–H and O–H groups in total. The number of fused-ring (bicyclic) bond motifs is 1. The third-order valence-electron chi connectivity index (χ3n) is 3.97. The third kappa shape index (κ3) is 3.11. The minimum Gasteiger partial charge on any atom is -0.354 e. The van der Waals surface area contributed by atoms with E-state index in [-0.39, 0.29) is 5.91 Å². The molecule has 1 fully saturated rings. The molecule has 0 aromatic carbocycles. The summed E-state index contributed by atoms with van der Waals surface area (Å²) in [5.41, 5.74) is 0. The van der Waals surface area contributed by atoms with Crippen LogP contribution in [-0.4, -0.2) is 56.6 Å². The topological polar surface area (TPSA) is 48.5 Å². The number of anilines is 1. The monoisotopic (exact) mass is 338 g/mol. The molecule has 1 amide bonds. The number of thiophene rings is 1. The molecule has 0 saturated carbocycles. The summed E-state index contributed by atoms with van der Waals surface area (Å²) in [5.74, 6) is 0.740. The Balaban J connectivity index is 1.75. The van der Waals surface area contributed by atoms with Crippen molar-refractivity contribution < 1.29 is 4.79 Å². The van der Waals surface area contributed by atoms with E-state index in [0.29, 0.717) is 5.92 Å². The van der Waals surface area contributed by atoms with Crippen LogP contribution in [0.3, 0.4) is 0 Å². The summed E-state index contributed by atoms with van der Waals surface area (Å²) in [4.78, 5) is 23.1. The summed E-state index contributed by atoms with van der Waals surface area (Å²) in [6, 6.07) is 2.01. The zero-order chi connectivity index (χ0) is 15.7. The number of piperidine rings is 1. The lowest BCUT2D eigenvalue weighted by atomic mass is 9.98. The molecule has 1 aliphatic rings. The maximum Gasteiger partial charge on any atom is 0.264 e. The number of amides is 1. The Labute approximate surface area is 138 Å². The average Bonchev–Trinajstić information content (AvgIpc) is 3.05. The summed E-state index contributed by atoms with van der Waals surface area (Å²) < 4.78 is 1.11. The van der Waals surface area contributed by atoms with Crippen LogP contribution >= 0.6 is 22.7 Å².